The minimum atomic E-state index is 0.0567. The molecule has 62 valence electrons. The highest BCUT2D eigenvalue weighted by Gasteiger charge is 2.44. The largest absolute Gasteiger partial charge is 0.315 e. The highest BCUT2D eigenvalue weighted by molar-refractivity contribution is 8.13. The van der Waals surface area contributed by atoms with Crippen molar-refractivity contribution < 1.29 is 4.79 Å². The Kier molecular flexibility index (Phi) is 1.93. The van der Waals surface area contributed by atoms with Crippen LogP contribution in [0.1, 0.15) is 19.3 Å². The summed E-state index contributed by atoms with van der Waals surface area (Å²) < 4.78 is 0. The van der Waals surface area contributed by atoms with Gasteiger partial charge in [-0.3, -0.25) is 4.79 Å². The number of nitrogens with one attached hydrogen (secondary N) is 1. The van der Waals surface area contributed by atoms with Crippen LogP contribution in [0.25, 0.3) is 0 Å². The van der Waals surface area contributed by atoms with E-state index in [1.54, 1.807) is 0 Å². The summed E-state index contributed by atoms with van der Waals surface area (Å²) >= 11 is 1.52. The molecule has 1 saturated heterocycles. The molecular weight excluding hydrogens is 158 g/mol. The van der Waals surface area contributed by atoms with Crippen LogP contribution in [0.5, 0.6) is 0 Å². The van der Waals surface area contributed by atoms with Gasteiger partial charge < -0.3 is 5.32 Å². The Morgan fingerprint density at radius 1 is 1.45 bits per heavy atom. The topological polar surface area (TPSA) is 29.1 Å². The fourth-order valence-corrected chi connectivity index (χ4v) is 2.77. The van der Waals surface area contributed by atoms with E-state index >= 15 is 0 Å². The predicted octanol–water partition coefficient (Wildman–Crippen LogP) is 1.02. The molecule has 2 nitrogen and oxygen atoms in total. The van der Waals surface area contributed by atoms with Gasteiger partial charge in [0.25, 0.3) is 0 Å². The zero-order chi connectivity index (χ0) is 7.73. The van der Waals surface area contributed by atoms with Gasteiger partial charge in [0, 0.05) is 18.8 Å². The number of carbonyl (C=O) groups is 1. The van der Waals surface area contributed by atoms with E-state index in [1.807, 2.05) is 0 Å². The molecule has 0 aromatic heterocycles. The first kappa shape index (κ1) is 7.62. The summed E-state index contributed by atoms with van der Waals surface area (Å²) in [6, 6.07) is 0. The van der Waals surface area contributed by atoms with Gasteiger partial charge in [0.15, 0.2) is 5.12 Å². The summed E-state index contributed by atoms with van der Waals surface area (Å²) in [6.45, 7) is 1.93. The fourth-order valence-electron chi connectivity index (χ4n) is 1.75. The molecule has 1 aliphatic carbocycles. The van der Waals surface area contributed by atoms with Gasteiger partial charge in [-0.1, -0.05) is 18.2 Å². The summed E-state index contributed by atoms with van der Waals surface area (Å²) in [6.07, 6.45) is 3.48. The maximum Gasteiger partial charge on any atom is 0.196 e. The molecule has 0 amide bonds. The Bertz CT molecular complexity index is 177. The van der Waals surface area contributed by atoms with Crippen molar-refractivity contribution >= 4 is 16.9 Å². The van der Waals surface area contributed by atoms with E-state index in [4.69, 9.17) is 0 Å². The zero-order valence-corrected chi connectivity index (χ0v) is 7.38. The second-order valence-corrected chi connectivity index (χ2v) is 4.51. The molecule has 0 aromatic carbocycles. The van der Waals surface area contributed by atoms with E-state index in [9.17, 15) is 4.79 Å². The van der Waals surface area contributed by atoms with Gasteiger partial charge in [-0.15, -0.1) is 0 Å². The van der Waals surface area contributed by atoms with Gasteiger partial charge in [-0.05, 0) is 12.8 Å². The molecule has 1 saturated carbocycles. The molecule has 1 aliphatic heterocycles. The third-order valence-corrected chi connectivity index (χ3v) is 3.82. The van der Waals surface area contributed by atoms with Gasteiger partial charge in [-0.25, -0.2) is 0 Å². The molecule has 1 N–H and O–H groups in total. The SMILES string of the molecule is O=C1SCCNCC12CCC2. The van der Waals surface area contributed by atoms with E-state index < -0.39 is 0 Å². The van der Waals surface area contributed by atoms with Crippen LogP contribution in [0.4, 0.5) is 0 Å². The number of carbonyl (C=O) groups excluding carboxylic acids is 1. The Labute approximate surface area is 71.1 Å². The van der Waals surface area contributed by atoms with Crippen molar-refractivity contribution in [3.05, 3.63) is 0 Å². The second kappa shape index (κ2) is 2.79. The first-order valence-electron chi connectivity index (χ1n) is 4.21. The van der Waals surface area contributed by atoms with Gasteiger partial charge in [0.05, 0.1) is 5.41 Å². The van der Waals surface area contributed by atoms with Gasteiger partial charge in [0.1, 0.15) is 0 Å². The number of hydrogen-bond acceptors (Lipinski definition) is 3. The van der Waals surface area contributed by atoms with Crippen LogP contribution in [0.2, 0.25) is 0 Å². The summed E-state index contributed by atoms with van der Waals surface area (Å²) in [5.41, 5.74) is 0.0567. The molecular formula is C8H13NOS. The van der Waals surface area contributed by atoms with Crippen LogP contribution in [0.3, 0.4) is 0 Å². The smallest absolute Gasteiger partial charge is 0.196 e. The van der Waals surface area contributed by atoms with Crippen LogP contribution < -0.4 is 5.32 Å². The van der Waals surface area contributed by atoms with Crippen LogP contribution in [-0.2, 0) is 4.79 Å². The van der Waals surface area contributed by atoms with Crippen LogP contribution in [-0.4, -0.2) is 24.0 Å². The van der Waals surface area contributed by atoms with Crippen LogP contribution in [0, 0.1) is 5.41 Å². The summed E-state index contributed by atoms with van der Waals surface area (Å²) in [7, 11) is 0. The lowest BCUT2D eigenvalue weighted by atomic mass is 9.70. The fraction of sp³-hybridized carbons (Fsp3) is 0.875. The van der Waals surface area contributed by atoms with E-state index in [0.29, 0.717) is 5.12 Å². The maximum atomic E-state index is 11.5. The average molecular weight is 171 g/mol. The van der Waals surface area contributed by atoms with E-state index in [2.05, 4.69) is 5.32 Å². The average Bonchev–Trinajstić information content (AvgIpc) is 2.09. The van der Waals surface area contributed by atoms with Crippen molar-refractivity contribution in [1.82, 2.24) is 5.32 Å². The van der Waals surface area contributed by atoms with Crippen molar-refractivity contribution in [2.24, 2.45) is 5.41 Å². The molecule has 0 aromatic rings. The van der Waals surface area contributed by atoms with Crippen molar-refractivity contribution in [3.8, 4) is 0 Å². The summed E-state index contributed by atoms with van der Waals surface area (Å²) in [5, 5.41) is 3.77. The van der Waals surface area contributed by atoms with Crippen molar-refractivity contribution in [2.45, 2.75) is 19.3 Å². The van der Waals surface area contributed by atoms with E-state index in [0.717, 1.165) is 31.7 Å². The lowest BCUT2D eigenvalue weighted by Gasteiger charge is -2.38. The molecule has 1 heterocycles. The summed E-state index contributed by atoms with van der Waals surface area (Å²) in [4.78, 5) is 11.5. The molecule has 2 fully saturated rings. The second-order valence-electron chi connectivity index (χ2n) is 3.45. The number of hydrogen-bond donors (Lipinski definition) is 1. The highest BCUT2D eigenvalue weighted by Crippen LogP contribution is 2.44. The normalized spacial score (nSPS) is 29.6. The van der Waals surface area contributed by atoms with Crippen LogP contribution >= 0.6 is 11.8 Å². The lowest BCUT2D eigenvalue weighted by Crippen LogP contribution is -2.43. The molecule has 3 heteroatoms. The molecule has 11 heavy (non-hydrogen) atoms. The van der Waals surface area contributed by atoms with Gasteiger partial charge in [-0.2, -0.15) is 0 Å². The number of rotatable bonds is 0. The first-order valence-corrected chi connectivity index (χ1v) is 5.20. The van der Waals surface area contributed by atoms with Gasteiger partial charge in [0.2, 0.25) is 0 Å². The lowest BCUT2D eigenvalue weighted by molar-refractivity contribution is -0.123. The van der Waals surface area contributed by atoms with Crippen LogP contribution in [0.15, 0.2) is 0 Å². The van der Waals surface area contributed by atoms with Crippen molar-refractivity contribution in [3.63, 3.8) is 0 Å². The Morgan fingerprint density at radius 2 is 2.27 bits per heavy atom. The molecule has 0 atom stereocenters. The molecule has 0 radical (unpaired) electrons. The maximum absolute atomic E-state index is 11.5. The quantitative estimate of drug-likeness (QED) is 0.590. The minimum absolute atomic E-state index is 0.0567. The standard InChI is InChI=1S/C8H13NOS/c10-7-8(2-1-3-8)6-9-4-5-11-7/h9H,1-6H2. The first-order chi connectivity index (χ1) is 5.33. The zero-order valence-electron chi connectivity index (χ0n) is 6.56. The highest BCUT2D eigenvalue weighted by atomic mass is 32.2. The Balaban J connectivity index is 2.09. The molecule has 2 aliphatic rings. The Morgan fingerprint density at radius 3 is 2.91 bits per heavy atom. The minimum Gasteiger partial charge on any atom is -0.315 e. The Hall–Kier alpha value is -0.0200. The summed E-state index contributed by atoms with van der Waals surface area (Å²) in [5.74, 6) is 0.959. The van der Waals surface area contributed by atoms with Gasteiger partial charge >= 0.3 is 0 Å². The number of thioether (sulfide) groups is 1. The monoisotopic (exact) mass is 171 g/mol. The van der Waals surface area contributed by atoms with Crippen molar-refractivity contribution in [1.29, 1.82) is 0 Å². The molecule has 0 unspecified atom stereocenters. The molecule has 2 rings (SSSR count). The van der Waals surface area contributed by atoms with Crippen molar-refractivity contribution in [2.75, 3.05) is 18.8 Å². The predicted molar refractivity (Wildman–Crippen MR) is 46.6 cm³/mol. The van der Waals surface area contributed by atoms with E-state index in [1.165, 1.54) is 18.2 Å². The molecule has 1 spiro atoms. The van der Waals surface area contributed by atoms with E-state index in [-0.39, 0.29) is 5.41 Å². The third kappa shape index (κ3) is 1.20. The molecule has 0 bridgehead atoms. The third-order valence-electron chi connectivity index (χ3n) is 2.72.